The number of nitrogen functional groups attached to an aromatic ring is 1. The molecule has 0 fully saturated rings. The van der Waals surface area contributed by atoms with Crippen molar-refractivity contribution in [1.29, 1.82) is 0 Å². The summed E-state index contributed by atoms with van der Waals surface area (Å²) in [6.07, 6.45) is -3.03. The van der Waals surface area contributed by atoms with Crippen LogP contribution in [-0.4, -0.2) is 19.9 Å². The summed E-state index contributed by atoms with van der Waals surface area (Å²) in [7, 11) is 0. The number of hydrogen-bond acceptors (Lipinski definition) is 5. The first kappa shape index (κ1) is 16.8. The van der Waals surface area contributed by atoms with Crippen molar-refractivity contribution in [3.63, 3.8) is 0 Å². The Balaban J connectivity index is 1.64. The number of anilines is 3. The van der Waals surface area contributed by atoms with Gasteiger partial charge >= 0.3 is 6.18 Å². The van der Waals surface area contributed by atoms with E-state index in [2.05, 4.69) is 25.3 Å². The van der Waals surface area contributed by atoms with Gasteiger partial charge in [-0.3, -0.25) is 0 Å². The van der Waals surface area contributed by atoms with Crippen LogP contribution in [0.3, 0.4) is 0 Å². The summed E-state index contributed by atoms with van der Waals surface area (Å²) in [6.45, 7) is 0. The molecule has 0 atom stereocenters. The lowest BCUT2D eigenvalue weighted by Gasteiger charge is -2.09. The number of H-pyrrole nitrogens is 1. The minimum Gasteiger partial charge on any atom is -0.369 e. The van der Waals surface area contributed by atoms with E-state index in [1.807, 2.05) is 18.2 Å². The highest BCUT2D eigenvalue weighted by Crippen LogP contribution is 2.31. The number of aromatic nitrogens is 4. The average Bonchev–Trinajstić information content (AvgIpc) is 3.03. The van der Waals surface area contributed by atoms with Crippen LogP contribution < -0.4 is 11.1 Å². The zero-order chi connectivity index (χ0) is 19.0. The first-order valence-corrected chi connectivity index (χ1v) is 7.91. The average molecular weight is 370 g/mol. The summed E-state index contributed by atoms with van der Waals surface area (Å²) in [5.41, 5.74) is 8.16. The third-order valence-electron chi connectivity index (χ3n) is 3.97. The highest BCUT2D eigenvalue weighted by Gasteiger charge is 2.30. The van der Waals surface area contributed by atoms with Crippen molar-refractivity contribution in [2.75, 3.05) is 11.1 Å². The van der Waals surface area contributed by atoms with Crippen molar-refractivity contribution >= 4 is 28.5 Å². The van der Waals surface area contributed by atoms with E-state index in [-0.39, 0.29) is 0 Å². The number of alkyl halides is 3. The van der Waals surface area contributed by atoms with Gasteiger partial charge in [0, 0.05) is 11.6 Å². The van der Waals surface area contributed by atoms with Crippen molar-refractivity contribution in [1.82, 2.24) is 19.9 Å². The van der Waals surface area contributed by atoms with Crippen LogP contribution in [0.5, 0.6) is 0 Å². The highest BCUT2D eigenvalue weighted by atomic mass is 19.4. The van der Waals surface area contributed by atoms with Gasteiger partial charge in [-0.05, 0) is 24.3 Å². The molecule has 0 spiro atoms. The fourth-order valence-corrected chi connectivity index (χ4v) is 2.70. The van der Waals surface area contributed by atoms with Crippen LogP contribution >= 0.6 is 0 Å². The van der Waals surface area contributed by atoms with Crippen LogP contribution in [0.4, 0.5) is 30.6 Å². The number of fused-ring (bicyclic) bond motifs is 1. The number of hydrogen-bond donors (Lipinski definition) is 3. The van der Waals surface area contributed by atoms with Gasteiger partial charge in [0.15, 0.2) is 5.95 Å². The van der Waals surface area contributed by atoms with E-state index in [4.69, 9.17) is 5.73 Å². The van der Waals surface area contributed by atoms with Gasteiger partial charge in [-0.25, -0.2) is 15.0 Å². The second kappa shape index (κ2) is 6.27. The van der Waals surface area contributed by atoms with E-state index in [1.54, 1.807) is 6.07 Å². The number of nitrogens with one attached hydrogen (secondary N) is 2. The molecule has 4 N–H and O–H groups in total. The van der Waals surface area contributed by atoms with Crippen LogP contribution in [0.15, 0.2) is 54.9 Å². The number of nitrogens with two attached hydrogens (primary N) is 1. The maximum Gasteiger partial charge on any atom is 0.416 e. The zero-order valence-corrected chi connectivity index (χ0v) is 13.7. The monoisotopic (exact) mass is 370 g/mol. The van der Waals surface area contributed by atoms with E-state index in [0.29, 0.717) is 34.2 Å². The molecule has 0 aliphatic carbocycles. The minimum atomic E-state index is -4.37. The molecule has 4 aromatic rings. The molecule has 2 aromatic heterocycles. The van der Waals surface area contributed by atoms with E-state index in [0.717, 1.165) is 17.6 Å². The SMILES string of the molecule is Nc1nc2c(Nc3cc(-c4ccc(C(F)(F)F)cc4)ncn3)cccc2[nH]1. The Hall–Kier alpha value is -3.62. The molecule has 27 heavy (non-hydrogen) atoms. The molecule has 2 heterocycles. The Kier molecular flexibility index (Phi) is 3.91. The van der Waals surface area contributed by atoms with Gasteiger partial charge in [0.1, 0.15) is 17.7 Å². The Labute approximate surface area is 151 Å². The van der Waals surface area contributed by atoms with Crippen molar-refractivity contribution in [2.45, 2.75) is 6.18 Å². The number of para-hydroxylation sites is 1. The van der Waals surface area contributed by atoms with E-state index >= 15 is 0 Å². The second-order valence-corrected chi connectivity index (χ2v) is 5.81. The normalized spacial score (nSPS) is 11.7. The van der Waals surface area contributed by atoms with Crippen molar-refractivity contribution in [3.05, 3.63) is 60.4 Å². The number of halogens is 3. The number of rotatable bonds is 3. The predicted molar refractivity (Wildman–Crippen MR) is 96.3 cm³/mol. The summed E-state index contributed by atoms with van der Waals surface area (Å²) >= 11 is 0. The maximum absolute atomic E-state index is 12.7. The van der Waals surface area contributed by atoms with Gasteiger partial charge in [-0.15, -0.1) is 0 Å². The molecule has 0 radical (unpaired) electrons. The molecule has 0 amide bonds. The predicted octanol–water partition coefficient (Wildman–Crippen LogP) is 4.36. The largest absolute Gasteiger partial charge is 0.416 e. The summed E-state index contributed by atoms with van der Waals surface area (Å²) in [6, 6.07) is 12.0. The molecule has 136 valence electrons. The topological polar surface area (TPSA) is 92.5 Å². The third kappa shape index (κ3) is 3.39. The fourth-order valence-electron chi connectivity index (χ4n) is 2.70. The minimum absolute atomic E-state index is 0.299. The molecular formula is C18H13F3N6. The number of aromatic amines is 1. The lowest BCUT2D eigenvalue weighted by molar-refractivity contribution is -0.137. The molecule has 0 saturated carbocycles. The smallest absolute Gasteiger partial charge is 0.369 e. The lowest BCUT2D eigenvalue weighted by Crippen LogP contribution is -2.04. The molecule has 0 aliphatic rings. The number of imidazole rings is 1. The van der Waals surface area contributed by atoms with Crippen molar-refractivity contribution in [3.8, 4) is 11.3 Å². The Morgan fingerprint density at radius 3 is 2.52 bits per heavy atom. The Morgan fingerprint density at radius 2 is 1.78 bits per heavy atom. The molecule has 0 unspecified atom stereocenters. The second-order valence-electron chi connectivity index (χ2n) is 5.81. The first-order valence-electron chi connectivity index (χ1n) is 7.91. The third-order valence-corrected chi connectivity index (χ3v) is 3.97. The standard InChI is InChI=1S/C18H13F3N6/c19-18(20,21)11-6-4-10(5-7-11)14-8-15(24-9-23-14)25-12-2-1-3-13-16(12)27-17(22)26-13/h1-9H,(H3,22,26,27)(H,23,24,25). The van der Waals surface area contributed by atoms with Crippen LogP contribution in [0.25, 0.3) is 22.3 Å². The maximum atomic E-state index is 12.7. The fraction of sp³-hybridized carbons (Fsp3) is 0.0556. The molecule has 0 saturated heterocycles. The van der Waals surface area contributed by atoms with Gasteiger partial charge in [0.2, 0.25) is 0 Å². The van der Waals surface area contributed by atoms with E-state index < -0.39 is 11.7 Å². The lowest BCUT2D eigenvalue weighted by atomic mass is 10.1. The molecule has 0 bridgehead atoms. The Morgan fingerprint density at radius 1 is 1.00 bits per heavy atom. The van der Waals surface area contributed by atoms with Gasteiger partial charge in [-0.1, -0.05) is 18.2 Å². The van der Waals surface area contributed by atoms with Crippen LogP contribution in [0.1, 0.15) is 5.56 Å². The summed E-state index contributed by atoms with van der Waals surface area (Å²) in [5, 5.41) is 3.14. The van der Waals surface area contributed by atoms with Crippen LogP contribution in [0, 0.1) is 0 Å². The van der Waals surface area contributed by atoms with Crippen LogP contribution in [0.2, 0.25) is 0 Å². The Bertz CT molecular complexity index is 1100. The molecule has 6 nitrogen and oxygen atoms in total. The quantitative estimate of drug-likeness (QED) is 0.498. The van der Waals surface area contributed by atoms with E-state index in [1.165, 1.54) is 18.5 Å². The number of nitrogens with zero attached hydrogens (tertiary/aromatic N) is 3. The van der Waals surface area contributed by atoms with Crippen LogP contribution in [-0.2, 0) is 6.18 Å². The van der Waals surface area contributed by atoms with E-state index in [9.17, 15) is 13.2 Å². The van der Waals surface area contributed by atoms with Gasteiger partial charge in [0.05, 0.1) is 22.5 Å². The summed E-state index contributed by atoms with van der Waals surface area (Å²) in [5.74, 6) is 0.779. The molecule has 9 heteroatoms. The van der Waals surface area contributed by atoms with Gasteiger partial charge in [-0.2, -0.15) is 13.2 Å². The highest BCUT2D eigenvalue weighted by molar-refractivity contribution is 5.91. The van der Waals surface area contributed by atoms with Gasteiger partial charge in [0.25, 0.3) is 0 Å². The zero-order valence-electron chi connectivity index (χ0n) is 13.7. The van der Waals surface area contributed by atoms with Crippen molar-refractivity contribution < 1.29 is 13.2 Å². The first-order chi connectivity index (χ1) is 12.9. The summed E-state index contributed by atoms with van der Waals surface area (Å²) < 4.78 is 38.1. The van der Waals surface area contributed by atoms with Crippen molar-refractivity contribution in [2.24, 2.45) is 0 Å². The molecule has 2 aromatic carbocycles. The summed E-state index contributed by atoms with van der Waals surface area (Å²) in [4.78, 5) is 15.5. The van der Waals surface area contributed by atoms with Gasteiger partial charge < -0.3 is 16.0 Å². The molecule has 4 rings (SSSR count). The molecular weight excluding hydrogens is 357 g/mol. The number of benzene rings is 2. The molecule has 0 aliphatic heterocycles.